The van der Waals surface area contributed by atoms with Gasteiger partial charge in [-0.15, -0.1) is 0 Å². The molecule has 19 heavy (non-hydrogen) atoms. The fourth-order valence-electron chi connectivity index (χ4n) is 2.49. The van der Waals surface area contributed by atoms with Gasteiger partial charge >= 0.3 is 0 Å². The molecule has 0 aliphatic carbocycles. The van der Waals surface area contributed by atoms with E-state index in [1.807, 2.05) is 23.2 Å². The lowest BCUT2D eigenvalue weighted by molar-refractivity contribution is -0.128. The van der Waals surface area contributed by atoms with Gasteiger partial charge in [0.15, 0.2) is 0 Å². The molecule has 1 aromatic carbocycles. The number of likely N-dealkylation sites (tertiary alicyclic amines) is 1. The maximum Gasteiger partial charge on any atom is 0.222 e. The Balaban J connectivity index is 1.60. The highest BCUT2D eigenvalue weighted by Crippen LogP contribution is 2.28. The number of aliphatic imine (C=N–C) groups is 1. The van der Waals surface area contributed by atoms with Crippen molar-refractivity contribution in [1.82, 2.24) is 4.90 Å². The number of rotatable bonds is 4. The number of hydrogen-bond acceptors (Lipinski definition) is 4. The van der Waals surface area contributed by atoms with E-state index in [4.69, 9.17) is 10.5 Å². The Kier molecular flexibility index (Phi) is 3.11. The van der Waals surface area contributed by atoms with Crippen molar-refractivity contribution in [1.29, 1.82) is 0 Å². The topological polar surface area (TPSA) is 67.9 Å². The molecule has 1 fully saturated rings. The lowest BCUT2D eigenvalue weighted by atomic mass is 10.1. The third kappa shape index (κ3) is 2.41. The molecule has 2 aliphatic rings. The van der Waals surface area contributed by atoms with E-state index in [0.717, 1.165) is 24.1 Å². The summed E-state index contributed by atoms with van der Waals surface area (Å²) < 4.78 is 5.70. The molecular formula is C14H17N3O2. The molecule has 5 nitrogen and oxygen atoms in total. The van der Waals surface area contributed by atoms with Crippen LogP contribution in [-0.2, 0) is 11.3 Å². The third-order valence-corrected chi connectivity index (χ3v) is 3.55. The number of hydrogen-bond donors (Lipinski definition) is 1. The van der Waals surface area contributed by atoms with Crippen LogP contribution >= 0.6 is 0 Å². The van der Waals surface area contributed by atoms with Gasteiger partial charge < -0.3 is 15.4 Å². The number of carbonyl (C=O) groups excluding carboxylic acids is 1. The minimum absolute atomic E-state index is 0.221. The van der Waals surface area contributed by atoms with Crippen LogP contribution in [0.5, 0.6) is 5.75 Å². The van der Waals surface area contributed by atoms with Crippen molar-refractivity contribution in [2.75, 3.05) is 25.4 Å². The Morgan fingerprint density at radius 1 is 1.42 bits per heavy atom. The number of nitrogens with zero attached hydrogens (tertiary/aromatic N) is 2. The molecule has 5 heteroatoms. The lowest BCUT2D eigenvalue weighted by Crippen LogP contribution is -2.29. The summed E-state index contributed by atoms with van der Waals surface area (Å²) in [5.74, 6) is 0.912. The standard InChI is InChI=1S/C14H17N3O2/c15-12-6-10-8-16-9-11(10)7-13(12)19-5-4-17-3-1-2-14(17)18/h6-8H,1-5,9,15H2. The van der Waals surface area contributed by atoms with Crippen molar-refractivity contribution < 1.29 is 9.53 Å². The van der Waals surface area contributed by atoms with Crippen molar-refractivity contribution in [3.8, 4) is 5.75 Å². The normalized spacial score (nSPS) is 17.1. The number of ether oxygens (including phenoxy) is 1. The van der Waals surface area contributed by atoms with Crippen molar-refractivity contribution in [3.05, 3.63) is 23.3 Å². The van der Waals surface area contributed by atoms with E-state index in [9.17, 15) is 4.79 Å². The molecule has 100 valence electrons. The highest BCUT2D eigenvalue weighted by atomic mass is 16.5. The quantitative estimate of drug-likeness (QED) is 0.826. The van der Waals surface area contributed by atoms with Crippen LogP contribution in [0.3, 0.4) is 0 Å². The summed E-state index contributed by atoms with van der Waals surface area (Å²) in [5, 5.41) is 0. The molecule has 0 saturated carbocycles. The second-order valence-corrected chi connectivity index (χ2v) is 4.89. The average molecular weight is 259 g/mol. The number of nitrogens with two attached hydrogens (primary N) is 1. The second kappa shape index (κ2) is 4.91. The molecule has 2 heterocycles. The van der Waals surface area contributed by atoms with E-state index < -0.39 is 0 Å². The number of carbonyl (C=O) groups is 1. The van der Waals surface area contributed by atoms with Gasteiger partial charge in [0.2, 0.25) is 5.91 Å². The van der Waals surface area contributed by atoms with Gasteiger partial charge in [0, 0.05) is 19.2 Å². The zero-order valence-corrected chi connectivity index (χ0v) is 10.8. The molecule has 2 N–H and O–H groups in total. The van der Waals surface area contributed by atoms with Gasteiger partial charge in [-0.05, 0) is 29.7 Å². The SMILES string of the molecule is Nc1cc2c(cc1OCCN1CCCC1=O)CN=C2. The zero-order chi connectivity index (χ0) is 13.2. The Morgan fingerprint density at radius 3 is 3.11 bits per heavy atom. The van der Waals surface area contributed by atoms with E-state index in [-0.39, 0.29) is 5.91 Å². The first-order valence-corrected chi connectivity index (χ1v) is 6.57. The molecule has 0 atom stereocenters. The van der Waals surface area contributed by atoms with Crippen molar-refractivity contribution in [2.24, 2.45) is 4.99 Å². The predicted octanol–water partition coefficient (Wildman–Crippen LogP) is 1.20. The minimum Gasteiger partial charge on any atom is -0.490 e. The van der Waals surface area contributed by atoms with Crippen LogP contribution in [-0.4, -0.2) is 36.7 Å². The summed E-state index contributed by atoms with van der Waals surface area (Å²) in [6.07, 6.45) is 3.45. The molecule has 0 bridgehead atoms. The average Bonchev–Trinajstić information content (AvgIpc) is 2.99. The number of amides is 1. The molecular weight excluding hydrogens is 242 g/mol. The van der Waals surface area contributed by atoms with Gasteiger partial charge in [-0.3, -0.25) is 9.79 Å². The number of nitrogen functional groups attached to an aromatic ring is 1. The monoisotopic (exact) mass is 259 g/mol. The molecule has 0 radical (unpaired) electrons. The van der Waals surface area contributed by atoms with Crippen molar-refractivity contribution >= 4 is 17.8 Å². The maximum absolute atomic E-state index is 11.5. The van der Waals surface area contributed by atoms with Crippen LogP contribution in [0, 0.1) is 0 Å². The van der Waals surface area contributed by atoms with Gasteiger partial charge in [-0.1, -0.05) is 0 Å². The van der Waals surface area contributed by atoms with E-state index in [2.05, 4.69) is 4.99 Å². The Labute approximate surface area is 112 Å². The van der Waals surface area contributed by atoms with Crippen LogP contribution < -0.4 is 10.5 Å². The van der Waals surface area contributed by atoms with Gasteiger partial charge in [0.25, 0.3) is 0 Å². The summed E-state index contributed by atoms with van der Waals surface area (Å²) in [6, 6.07) is 3.84. The Bertz CT molecular complexity index is 540. The summed E-state index contributed by atoms with van der Waals surface area (Å²) in [7, 11) is 0. The van der Waals surface area contributed by atoms with Gasteiger partial charge in [0.05, 0.1) is 18.8 Å². The third-order valence-electron chi connectivity index (χ3n) is 3.55. The molecule has 0 unspecified atom stereocenters. The number of benzene rings is 1. The first-order valence-electron chi connectivity index (χ1n) is 6.57. The fraction of sp³-hybridized carbons (Fsp3) is 0.429. The summed E-state index contributed by atoms with van der Waals surface area (Å²) in [6.45, 7) is 2.65. The molecule has 1 amide bonds. The van der Waals surface area contributed by atoms with E-state index in [0.29, 0.717) is 37.6 Å². The first kappa shape index (κ1) is 12.0. The zero-order valence-electron chi connectivity index (χ0n) is 10.8. The summed E-state index contributed by atoms with van der Waals surface area (Å²) >= 11 is 0. The Morgan fingerprint density at radius 2 is 2.32 bits per heavy atom. The van der Waals surface area contributed by atoms with Gasteiger partial charge in [0.1, 0.15) is 12.4 Å². The smallest absolute Gasteiger partial charge is 0.222 e. The lowest BCUT2D eigenvalue weighted by Gasteiger charge is -2.16. The largest absolute Gasteiger partial charge is 0.490 e. The highest BCUT2D eigenvalue weighted by Gasteiger charge is 2.19. The van der Waals surface area contributed by atoms with Crippen LogP contribution in [0.4, 0.5) is 5.69 Å². The van der Waals surface area contributed by atoms with Gasteiger partial charge in [-0.2, -0.15) is 0 Å². The van der Waals surface area contributed by atoms with Crippen molar-refractivity contribution in [2.45, 2.75) is 19.4 Å². The van der Waals surface area contributed by atoms with Crippen molar-refractivity contribution in [3.63, 3.8) is 0 Å². The minimum atomic E-state index is 0.221. The maximum atomic E-state index is 11.5. The molecule has 0 spiro atoms. The first-order chi connectivity index (χ1) is 9.24. The molecule has 3 rings (SSSR count). The Hall–Kier alpha value is -2.04. The molecule has 1 saturated heterocycles. The van der Waals surface area contributed by atoms with Gasteiger partial charge in [-0.25, -0.2) is 0 Å². The van der Waals surface area contributed by atoms with Crippen LogP contribution in [0.25, 0.3) is 0 Å². The number of anilines is 1. The fourth-order valence-corrected chi connectivity index (χ4v) is 2.49. The molecule has 1 aromatic rings. The number of fused-ring (bicyclic) bond motifs is 1. The van der Waals surface area contributed by atoms with Crippen LogP contribution in [0.15, 0.2) is 17.1 Å². The summed E-state index contributed by atoms with van der Waals surface area (Å²) in [5.41, 5.74) is 8.78. The van der Waals surface area contributed by atoms with E-state index in [1.165, 1.54) is 0 Å². The van der Waals surface area contributed by atoms with E-state index in [1.54, 1.807) is 0 Å². The predicted molar refractivity (Wildman–Crippen MR) is 73.5 cm³/mol. The second-order valence-electron chi connectivity index (χ2n) is 4.89. The van der Waals surface area contributed by atoms with Crippen LogP contribution in [0.1, 0.15) is 24.0 Å². The highest BCUT2D eigenvalue weighted by molar-refractivity contribution is 5.87. The van der Waals surface area contributed by atoms with Crippen LogP contribution in [0.2, 0.25) is 0 Å². The van der Waals surface area contributed by atoms with E-state index >= 15 is 0 Å². The molecule has 0 aromatic heterocycles. The summed E-state index contributed by atoms with van der Waals surface area (Å²) in [4.78, 5) is 17.5. The molecule has 2 aliphatic heterocycles.